The van der Waals surface area contributed by atoms with E-state index in [1.807, 2.05) is 19.9 Å². The highest BCUT2D eigenvalue weighted by molar-refractivity contribution is 5.15. The number of methoxy groups -OCH3 is 2. The highest BCUT2D eigenvalue weighted by Gasteiger charge is 2.57. The molecular weight excluding hydrogens is 318 g/mol. The second-order valence-electron chi connectivity index (χ2n) is 7.73. The summed E-state index contributed by atoms with van der Waals surface area (Å²) in [5.41, 5.74) is 0.752. The van der Waals surface area contributed by atoms with Crippen molar-refractivity contribution in [1.29, 1.82) is 0 Å². The largest absolute Gasteiger partial charge is 0.396 e. The van der Waals surface area contributed by atoms with Gasteiger partial charge in [0.05, 0.1) is 6.10 Å². The lowest BCUT2D eigenvalue weighted by Gasteiger charge is -2.56. The number of ether oxygens (including phenoxy) is 3. The van der Waals surface area contributed by atoms with Gasteiger partial charge in [-0.3, -0.25) is 4.90 Å². The fraction of sp³-hybridized carbons (Fsp3) is 0.700. The molecule has 1 N–H and O–H groups in total. The van der Waals surface area contributed by atoms with Crippen LogP contribution in [0.3, 0.4) is 0 Å². The van der Waals surface area contributed by atoms with E-state index in [1.54, 1.807) is 14.2 Å². The molecule has 5 nitrogen and oxygen atoms in total. The zero-order chi connectivity index (χ0) is 18.1. The highest BCUT2D eigenvalue weighted by atomic mass is 16.7. The minimum atomic E-state index is -0.793. The number of nitrogens with zero attached hydrogens (tertiary/aromatic N) is 1. The van der Waals surface area contributed by atoms with Gasteiger partial charge in [0.25, 0.3) is 0 Å². The van der Waals surface area contributed by atoms with Gasteiger partial charge in [-0.2, -0.15) is 0 Å². The van der Waals surface area contributed by atoms with Crippen LogP contribution in [0.25, 0.3) is 0 Å². The van der Waals surface area contributed by atoms with Gasteiger partial charge < -0.3 is 19.3 Å². The van der Waals surface area contributed by atoms with Crippen molar-refractivity contribution in [3.8, 4) is 0 Å². The molecule has 2 fully saturated rings. The molecule has 0 amide bonds. The predicted octanol–water partition coefficient (Wildman–Crippen LogP) is 2.28. The fourth-order valence-corrected chi connectivity index (χ4v) is 4.40. The van der Waals surface area contributed by atoms with Crippen molar-refractivity contribution in [2.24, 2.45) is 11.8 Å². The highest BCUT2D eigenvalue weighted by Crippen LogP contribution is 2.47. The monoisotopic (exact) mass is 349 g/mol. The molecule has 1 aromatic carbocycles. The van der Waals surface area contributed by atoms with Crippen molar-refractivity contribution < 1.29 is 19.3 Å². The third-order valence-corrected chi connectivity index (χ3v) is 6.30. The Hall–Kier alpha value is -0.980. The van der Waals surface area contributed by atoms with Gasteiger partial charge >= 0.3 is 0 Å². The maximum atomic E-state index is 9.99. The molecule has 0 aliphatic carbocycles. The van der Waals surface area contributed by atoms with Gasteiger partial charge in [-0.25, -0.2) is 0 Å². The van der Waals surface area contributed by atoms with Crippen molar-refractivity contribution >= 4 is 0 Å². The number of rotatable bonds is 5. The van der Waals surface area contributed by atoms with Crippen LogP contribution in [0, 0.1) is 11.8 Å². The molecule has 0 bridgehead atoms. The normalized spacial score (nSPS) is 39.2. The van der Waals surface area contributed by atoms with Crippen LogP contribution < -0.4 is 0 Å². The Morgan fingerprint density at radius 2 is 1.88 bits per heavy atom. The second kappa shape index (κ2) is 7.33. The summed E-state index contributed by atoms with van der Waals surface area (Å²) >= 11 is 0. The van der Waals surface area contributed by atoms with Gasteiger partial charge in [0.2, 0.25) is 0 Å². The van der Waals surface area contributed by atoms with E-state index in [1.165, 1.54) is 5.56 Å². The van der Waals surface area contributed by atoms with E-state index in [9.17, 15) is 5.11 Å². The molecule has 140 valence electrons. The maximum absolute atomic E-state index is 9.99. The van der Waals surface area contributed by atoms with Crippen LogP contribution in [0.1, 0.15) is 25.8 Å². The van der Waals surface area contributed by atoms with E-state index >= 15 is 0 Å². The number of aliphatic hydroxyl groups excluding tert-OH is 1. The van der Waals surface area contributed by atoms with E-state index in [-0.39, 0.29) is 24.5 Å². The molecule has 2 aliphatic rings. The minimum Gasteiger partial charge on any atom is -0.396 e. The van der Waals surface area contributed by atoms with Crippen molar-refractivity contribution in [1.82, 2.24) is 4.90 Å². The number of benzene rings is 1. The fourth-order valence-electron chi connectivity index (χ4n) is 4.40. The third kappa shape index (κ3) is 3.49. The molecule has 0 spiro atoms. The van der Waals surface area contributed by atoms with Crippen LogP contribution in [-0.2, 0) is 20.8 Å². The SMILES string of the molecule is COC1(C)CC2C(CO)CN(Cc3ccccc3)CC2OC1(C)OC. The van der Waals surface area contributed by atoms with Crippen LogP contribution in [-0.4, -0.2) is 61.4 Å². The standard InChI is InChI=1S/C20H31NO4/c1-19(23-3)10-17-16(14-22)12-21(11-15-8-6-5-7-9-15)13-18(17)25-20(19,2)24-4/h5-9,16-18,22H,10-14H2,1-4H3. The Bertz CT molecular complexity index is 568. The second-order valence-corrected chi connectivity index (χ2v) is 7.73. The van der Waals surface area contributed by atoms with Crippen molar-refractivity contribution in [2.45, 2.75) is 44.3 Å². The van der Waals surface area contributed by atoms with Gasteiger partial charge in [0, 0.05) is 46.4 Å². The zero-order valence-electron chi connectivity index (χ0n) is 15.8. The molecule has 5 atom stereocenters. The third-order valence-electron chi connectivity index (χ3n) is 6.30. The quantitative estimate of drug-likeness (QED) is 0.884. The van der Waals surface area contributed by atoms with Crippen LogP contribution >= 0.6 is 0 Å². The molecule has 5 unspecified atom stereocenters. The van der Waals surface area contributed by atoms with Crippen molar-refractivity contribution in [2.75, 3.05) is 33.9 Å². The number of aliphatic hydroxyl groups is 1. The topological polar surface area (TPSA) is 51.2 Å². The number of hydrogen-bond donors (Lipinski definition) is 1. The van der Waals surface area contributed by atoms with E-state index in [0.717, 1.165) is 26.1 Å². The summed E-state index contributed by atoms with van der Waals surface area (Å²) in [6, 6.07) is 10.4. The smallest absolute Gasteiger partial charge is 0.194 e. The summed E-state index contributed by atoms with van der Waals surface area (Å²) in [6.07, 6.45) is 0.853. The first-order valence-electron chi connectivity index (χ1n) is 9.10. The Morgan fingerprint density at radius 1 is 1.16 bits per heavy atom. The zero-order valence-corrected chi connectivity index (χ0v) is 15.8. The molecule has 5 heteroatoms. The summed E-state index contributed by atoms with van der Waals surface area (Å²) in [5, 5.41) is 9.99. The predicted molar refractivity (Wildman–Crippen MR) is 96.1 cm³/mol. The molecule has 2 heterocycles. The Morgan fingerprint density at radius 3 is 2.48 bits per heavy atom. The van der Waals surface area contributed by atoms with E-state index in [2.05, 4.69) is 29.2 Å². The first-order valence-corrected chi connectivity index (χ1v) is 9.10. The number of fused-ring (bicyclic) bond motifs is 1. The number of likely N-dealkylation sites (tertiary alicyclic amines) is 1. The average Bonchev–Trinajstić information content (AvgIpc) is 2.63. The molecule has 3 rings (SSSR count). The van der Waals surface area contributed by atoms with Gasteiger partial charge in [-0.05, 0) is 31.7 Å². The first kappa shape index (κ1) is 18.8. The Labute approximate surface area is 150 Å². The lowest BCUT2D eigenvalue weighted by atomic mass is 9.72. The average molecular weight is 349 g/mol. The minimum absolute atomic E-state index is 0.0304. The summed E-state index contributed by atoms with van der Waals surface area (Å²) in [6.45, 7) is 6.75. The molecule has 0 saturated carbocycles. The molecule has 1 aromatic rings. The molecule has 2 saturated heterocycles. The number of hydrogen-bond acceptors (Lipinski definition) is 5. The molecule has 2 aliphatic heterocycles. The van der Waals surface area contributed by atoms with Crippen LogP contribution in [0.15, 0.2) is 30.3 Å². The van der Waals surface area contributed by atoms with E-state index < -0.39 is 11.4 Å². The van der Waals surface area contributed by atoms with Gasteiger partial charge in [0.15, 0.2) is 5.79 Å². The molecular formula is C20H31NO4. The number of piperidine rings is 1. The van der Waals surface area contributed by atoms with Gasteiger partial charge in [-0.15, -0.1) is 0 Å². The lowest BCUT2D eigenvalue weighted by molar-refractivity contribution is -0.363. The Kier molecular flexibility index (Phi) is 5.51. The molecule has 0 radical (unpaired) electrons. The first-order chi connectivity index (χ1) is 11.9. The summed E-state index contributed by atoms with van der Waals surface area (Å²) in [7, 11) is 3.38. The van der Waals surface area contributed by atoms with Gasteiger partial charge in [0.1, 0.15) is 5.60 Å². The van der Waals surface area contributed by atoms with Crippen LogP contribution in [0.4, 0.5) is 0 Å². The van der Waals surface area contributed by atoms with Crippen molar-refractivity contribution in [3.05, 3.63) is 35.9 Å². The molecule has 25 heavy (non-hydrogen) atoms. The van der Waals surface area contributed by atoms with Crippen molar-refractivity contribution in [3.63, 3.8) is 0 Å². The van der Waals surface area contributed by atoms with Crippen LogP contribution in [0.2, 0.25) is 0 Å². The van der Waals surface area contributed by atoms with Gasteiger partial charge in [-0.1, -0.05) is 30.3 Å². The van der Waals surface area contributed by atoms with E-state index in [0.29, 0.717) is 0 Å². The summed E-state index contributed by atoms with van der Waals surface area (Å²) in [4.78, 5) is 2.38. The van der Waals surface area contributed by atoms with Crippen LogP contribution in [0.5, 0.6) is 0 Å². The van der Waals surface area contributed by atoms with E-state index in [4.69, 9.17) is 14.2 Å². The Balaban J connectivity index is 1.79. The summed E-state index contributed by atoms with van der Waals surface area (Å²) < 4.78 is 18.0. The maximum Gasteiger partial charge on any atom is 0.194 e. The molecule has 0 aromatic heterocycles. The summed E-state index contributed by atoms with van der Waals surface area (Å²) in [5.74, 6) is -0.345. The lowest BCUT2D eigenvalue weighted by Crippen LogP contribution is -2.66.